The fraction of sp³-hybridized carbons (Fsp3) is 0.522. The molecule has 3 aromatic rings. The first-order chi connectivity index (χ1) is 17.9. The van der Waals surface area contributed by atoms with Gasteiger partial charge in [0.1, 0.15) is 17.9 Å². The highest BCUT2D eigenvalue weighted by Gasteiger charge is 2.46. The summed E-state index contributed by atoms with van der Waals surface area (Å²) in [5, 5.41) is 12.7. The van der Waals surface area contributed by atoms with Crippen LogP contribution in [-0.2, 0) is 6.54 Å². The van der Waals surface area contributed by atoms with Crippen LogP contribution in [0.25, 0.3) is 5.65 Å². The molecule has 2 fully saturated rings. The maximum absolute atomic E-state index is 13.8. The van der Waals surface area contributed by atoms with Crippen molar-refractivity contribution < 1.29 is 36.1 Å². The third-order valence-electron chi connectivity index (χ3n) is 6.98. The van der Waals surface area contributed by atoms with E-state index in [1.807, 2.05) is 5.32 Å². The zero-order valence-electron chi connectivity index (χ0n) is 20.1. The van der Waals surface area contributed by atoms with Gasteiger partial charge in [0, 0.05) is 19.4 Å². The van der Waals surface area contributed by atoms with Crippen LogP contribution < -0.4 is 10.6 Å². The Bertz CT molecular complexity index is 1340. The predicted octanol–water partition coefficient (Wildman–Crippen LogP) is 3.78. The Morgan fingerprint density at radius 2 is 2.05 bits per heavy atom. The number of nitrogens with zero attached hydrogens (tertiary/aromatic N) is 5. The minimum Gasteiger partial charge on any atom is -0.364 e. The summed E-state index contributed by atoms with van der Waals surface area (Å²) in [7, 11) is 0. The molecule has 4 heterocycles. The maximum Gasteiger partial charge on any atom is 0.410 e. The van der Waals surface area contributed by atoms with Crippen LogP contribution in [-0.4, -0.2) is 61.3 Å². The molecule has 2 atom stereocenters. The van der Waals surface area contributed by atoms with E-state index in [1.165, 1.54) is 17.0 Å². The average Bonchev–Trinajstić information content (AvgIpc) is 3.56. The number of carbonyl (C=O) groups is 2. The number of rotatable bonds is 6. The molecule has 0 radical (unpaired) electrons. The normalized spacial score (nSPS) is 21.1. The largest absolute Gasteiger partial charge is 0.410 e. The summed E-state index contributed by atoms with van der Waals surface area (Å²) in [5.41, 5.74) is 1.75. The standard InChI is InChI=1S/C23H24F5N7O3/c1-12-15(11-38-33-12)20(36)32-19(14-2-4-22(24,25)5-3-14)16-9-35-18(30-16)6-13(7-29-35)8-34-10-17(23(26,27)28)31-21(34)37/h6-7,9,11,14,17,19H,2-5,8,10H2,1H3,(H,31,37)(H,32,36)/t17-,19-/m0/s1. The lowest BCUT2D eigenvalue weighted by Gasteiger charge is -2.33. The van der Waals surface area contributed by atoms with E-state index in [1.54, 1.807) is 19.2 Å². The van der Waals surface area contributed by atoms with Gasteiger partial charge in [-0.05, 0) is 37.3 Å². The van der Waals surface area contributed by atoms with Crippen molar-refractivity contribution in [3.8, 4) is 0 Å². The highest BCUT2D eigenvalue weighted by Crippen LogP contribution is 2.41. The van der Waals surface area contributed by atoms with E-state index in [2.05, 4.69) is 20.6 Å². The van der Waals surface area contributed by atoms with Gasteiger partial charge in [0.25, 0.3) is 5.91 Å². The lowest BCUT2D eigenvalue weighted by Crippen LogP contribution is -2.40. The Labute approximate surface area is 212 Å². The minimum atomic E-state index is -4.56. The molecule has 2 N–H and O–H groups in total. The van der Waals surface area contributed by atoms with Gasteiger partial charge in [-0.2, -0.15) is 18.3 Å². The lowest BCUT2D eigenvalue weighted by molar-refractivity contribution is -0.149. The average molecular weight is 541 g/mol. The molecule has 15 heteroatoms. The zero-order valence-corrected chi connectivity index (χ0v) is 20.1. The number of alkyl halides is 5. The molecule has 2 aliphatic rings. The molecule has 3 amide bonds. The number of hydrogen-bond acceptors (Lipinski definition) is 6. The fourth-order valence-corrected chi connectivity index (χ4v) is 4.86. The van der Waals surface area contributed by atoms with Gasteiger partial charge >= 0.3 is 12.2 Å². The number of nitrogens with one attached hydrogen (secondary N) is 2. The summed E-state index contributed by atoms with van der Waals surface area (Å²) < 4.78 is 72.9. The molecule has 1 saturated heterocycles. The van der Waals surface area contributed by atoms with Crippen LogP contribution in [0.15, 0.2) is 29.2 Å². The molecule has 3 aromatic heterocycles. The highest BCUT2D eigenvalue weighted by molar-refractivity contribution is 5.95. The van der Waals surface area contributed by atoms with E-state index in [0.717, 1.165) is 4.90 Å². The van der Waals surface area contributed by atoms with Crippen molar-refractivity contribution in [2.45, 2.75) is 63.3 Å². The summed E-state index contributed by atoms with van der Waals surface area (Å²) in [6.07, 6.45) is -0.688. The molecule has 204 valence electrons. The Hall–Kier alpha value is -3.78. The second-order valence-electron chi connectivity index (χ2n) is 9.71. The van der Waals surface area contributed by atoms with E-state index in [9.17, 15) is 31.5 Å². The van der Waals surface area contributed by atoms with Crippen molar-refractivity contribution in [3.63, 3.8) is 0 Å². The van der Waals surface area contributed by atoms with Crippen molar-refractivity contribution >= 4 is 17.6 Å². The van der Waals surface area contributed by atoms with E-state index in [4.69, 9.17) is 4.52 Å². The molecule has 0 aromatic carbocycles. The first kappa shape index (κ1) is 25.9. The topological polar surface area (TPSA) is 118 Å². The molecule has 0 spiro atoms. The second kappa shape index (κ2) is 9.51. The number of imidazole rings is 1. The minimum absolute atomic E-state index is 0.116. The summed E-state index contributed by atoms with van der Waals surface area (Å²) in [5.74, 6) is -3.58. The SMILES string of the molecule is Cc1nocc1C(=O)N[C@H](c1cn2ncc(CN3C[C@@H](C(F)(F)F)NC3=O)cc2n1)C1CCC(F)(F)CC1. The molecule has 0 bridgehead atoms. The Kier molecular flexibility index (Phi) is 6.47. The van der Waals surface area contributed by atoms with Gasteiger partial charge in [-0.1, -0.05) is 5.16 Å². The van der Waals surface area contributed by atoms with Gasteiger partial charge in [0.2, 0.25) is 5.92 Å². The Morgan fingerprint density at radius 3 is 2.68 bits per heavy atom. The molecule has 1 aliphatic heterocycles. The van der Waals surface area contributed by atoms with Crippen molar-refractivity contribution in [1.29, 1.82) is 0 Å². The van der Waals surface area contributed by atoms with E-state index >= 15 is 0 Å². The maximum atomic E-state index is 13.8. The Morgan fingerprint density at radius 1 is 1.32 bits per heavy atom. The van der Waals surface area contributed by atoms with Gasteiger partial charge in [-0.25, -0.2) is 23.1 Å². The summed E-state index contributed by atoms with van der Waals surface area (Å²) >= 11 is 0. The lowest BCUT2D eigenvalue weighted by atomic mass is 9.81. The van der Waals surface area contributed by atoms with Crippen LogP contribution in [0.3, 0.4) is 0 Å². The van der Waals surface area contributed by atoms with E-state index < -0.39 is 42.7 Å². The molecule has 38 heavy (non-hydrogen) atoms. The van der Waals surface area contributed by atoms with Crippen molar-refractivity contribution in [1.82, 2.24) is 35.3 Å². The molecule has 10 nitrogen and oxygen atoms in total. The fourth-order valence-electron chi connectivity index (χ4n) is 4.86. The van der Waals surface area contributed by atoms with Crippen molar-refractivity contribution in [3.05, 3.63) is 47.2 Å². The number of halogens is 5. The summed E-state index contributed by atoms with van der Waals surface area (Å²) in [6, 6.07) is -1.93. The smallest absolute Gasteiger partial charge is 0.364 e. The highest BCUT2D eigenvalue weighted by atomic mass is 19.4. The second-order valence-corrected chi connectivity index (χ2v) is 9.71. The van der Waals surface area contributed by atoms with Gasteiger partial charge < -0.3 is 20.1 Å². The van der Waals surface area contributed by atoms with Crippen LogP contribution >= 0.6 is 0 Å². The zero-order chi connectivity index (χ0) is 27.2. The van der Waals surface area contributed by atoms with Gasteiger partial charge in [0.15, 0.2) is 5.65 Å². The van der Waals surface area contributed by atoms with Crippen LogP contribution in [0, 0.1) is 12.8 Å². The molecule has 0 unspecified atom stereocenters. The quantitative estimate of drug-likeness (QED) is 0.459. The van der Waals surface area contributed by atoms with Crippen molar-refractivity contribution in [2.75, 3.05) is 6.54 Å². The Balaban J connectivity index is 1.38. The molecule has 1 aliphatic carbocycles. The van der Waals surface area contributed by atoms with Gasteiger partial charge in [0.05, 0.1) is 36.4 Å². The monoisotopic (exact) mass is 541 g/mol. The molecule has 5 rings (SSSR count). The first-order valence-electron chi connectivity index (χ1n) is 12.0. The number of carbonyl (C=O) groups excluding carboxylic acids is 2. The van der Waals surface area contributed by atoms with Gasteiger partial charge in [-0.3, -0.25) is 4.79 Å². The predicted molar refractivity (Wildman–Crippen MR) is 120 cm³/mol. The number of fused-ring (bicyclic) bond motifs is 1. The number of hydrogen-bond donors (Lipinski definition) is 2. The molecular weight excluding hydrogens is 517 g/mol. The third-order valence-corrected chi connectivity index (χ3v) is 6.98. The molecule has 1 saturated carbocycles. The van der Waals surface area contributed by atoms with E-state index in [0.29, 0.717) is 22.6 Å². The van der Waals surface area contributed by atoms with Crippen LogP contribution in [0.4, 0.5) is 26.7 Å². The first-order valence-corrected chi connectivity index (χ1v) is 12.0. The summed E-state index contributed by atoms with van der Waals surface area (Å²) in [6.45, 7) is 0.952. The number of amides is 3. The van der Waals surface area contributed by atoms with Gasteiger partial charge in [-0.15, -0.1) is 0 Å². The number of urea groups is 1. The van der Waals surface area contributed by atoms with Crippen LogP contribution in [0.5, 0.6) is 0 Å². The molecular formula is C23H24F5N7O3. The number of aromatic nitrogens is 4. The van der Waals surface area contributed by atoms with Crippen LogP contribution in [0.1, 0.15) is 59.0 Å². The van der Waals surface area contributed by atoms with Crippen LogP contribution in [0.2, 0.25) is 0 Å². The summed E-state index contributed by atoms with van der Waals surface area (Å²) in [4.78, 5) is 30.5. The number of aryl methyl sites for hydroxylation is 1. The third kappa shape index (κ3) is 5.27. The van der Waals surface area contributed by atoms with E-state index in [-0.39, 0.29) is 43.7 Å². The van der Waals surface area contributed by atoms with Crippen molar-refractivity contribution in [2.24, 2.45) is 5.92 Å².